The second-order valence-electron chi connectivity index (χ2n) is 5.32. The lowest BCUT2D eigenvalue weighted by molar-refractivity contribution is 0.553. The molecule has 118 valence electrons. The summed E-state index contributed by atoms with van der Waals surface area (Å²) in [7, 11) is 0. The number of hydrogen-bond acceptors (Lipinski definition) is 4. The third-order valence-corrected chi connectivity index (χ3v) is 3.47. The number of pyridine rings is 1. The maximum absolute atomic E-state index is 4.61. The Morgan fingerprint density at radius 2 is 1.87 bits per heavy atom. The maximum Gasteiger partial charge on any atom is 0.126 e. The van der Waals surface area contributed by atoms with Crippen molar-refractivity contribution >= 4 is 11.5 Å². The Hall–Kier alpha value is -2.82. The van der Waals surface area contributed by atoms with Gasteiger partial charge in [0.2, 0.25) is 0 Å². The molecule has 0 radical (unpaired) electrons. The second kappa shape index (κ2) is 7.45. The van der Waals surface area contributed by atoms with Gasteiger partial charge in [-0.25, -0.2) is 0 Å². The molecule has 23 heavy (non-hydrogen) atoms. The maximum atomic E-state index is 4.61. The first-order valence-corrected chi connectivity index (χ1v) is 7.86. The van der Waals surface area contributed by atoms with Gasteiger partial charge < -0.3 is 16.0 Å². The topological polar surface area (TPSA) is 61.3 Å². The van der Waals surface area contributed by atoms with E-state index in [-0.39, 0.29) is 6.17 Å². The summed E-state index contributed by atoms with van der Waals surface area (Å²) >= 11 is 0. The molecule has 5 nitrogen and oxygen atoms in total. The summed E-state index contributed by atoms with van der Waals surface area (Å²) in [6.45, 7) is 2.93. The zero-order valence-corrected chi connectivity index (χ0v) is 13.2. The molecule has 0 saturated carbocycles. The number of hydrogen-bond donors (Lipinski definition) is 3. The molecule has 3 rings (SSSR count). The van der Waals surface area contributed by atoms with E-state index >= 15 is 0 Å². The highest BCUT2D eigenvalue weighted by atomic mass is 15.2. The summed E-state index contributed by atoms with van der Waals surface area (Å²) in [4.78, 5) is 8.65. The van der Waals surface area contributed by atoms with Gasteiger partial charge >= 0.3 is 0 Å². The van der Waals surface area contributed by atoms with E-state index in [4.69, 9.17) is 0 Å². The number of amidine groups is 1. The number of nitrogens with zero attached hydrogens (tertiary/aromatic N) is 2. The molecule has 1 aliphatic heterocycles. The second-order valence-corrected chi connectivity index (χ2v) is 5.32. The van der Waals surface area contributed by atoms with E-state index in [9.17, 15) is 0 Å². The number of anilines is 1. The molecule has 1 aliphatic rings. The first-order valence-electron chi connectivity index (χ1n) is 7.86. The molecule has 2 aromatic rings. The van der Waals surface area contributed by atoms with Crippen LogP contribution >= 0.6 is 0 Å². The lowest BCUT2D eigenvalue weighted by Gasteiger charge is -2.29. The lowest BCUT2D eigenvalue weighted by Crippen LogP contribution is -2.43. The van der Waals surface area contributed by atoms with Gasteiger partial charge in [-0.15, -0.1) is 0 Å². The Morgan fingerprint density at radius 1 is 1.09 bits per heavy atom. The average Bonchev–Trinajstić information content (AvgIpc) is 2.61. The zero-order valence-electron chi connectivity index (χ0n) is 13.2. The fraction of sp³-hybridized carbons (Fsp3) is 0.222. The van der Waals surface area contributed by atoms with Gasteiger partial charge in [-0.2, -0.15) is 0 Å². The molecule has 0 aliphatic carbocycles. The molecular formula is C18H21N5. The monoisotopic (exact) mass is 307 g/mol. The highest BCUT2D eigenvalue weighted by Crippen LogP contribution is 2.16. The molecular weight excluding hydrogens is 286 g/mol. The largest absolute Gasteiger partial charge is 0.348 e. The molecule has 0 bridgehead atoms. The van der Waals surface area contributed by atoms with Crippen molar-refractivity contribution in [1.29, 1.82) is 0 Å². The molecule has 1 aromatic carbocycles. The van der Waals surface area contributed by atoms with Gasteiger partial charge in [-0.1, -0.05) is 37.3 Å². The van der Waals surface area contributed by atoms with Crippen molar-refractivity contribution in [3.8, 4) is 0 Å². The average molecular weight is 307 g/mol. The minimum absolute atomic E-state index is 0.0128. The molecule has 2 heterocycles. The van der Waals surface area contributed by atoms with Gasteiger partial charge in [-0.05, 0) is 24.1 Å². The smallest absolute Gasteiger partial charge is 0.126 e. The molecule has 3 N–H and O–H groups in total. The summed E-state index contributed by atoms with van der Waals surface area (Å²) in [5, 5.41) is 10.3. The van der Waals surface area contributed by atoms with Crippen molar-refractivity contribution in [2.75, 3.05) is 11.9 Å². The number of rotatable bonds is 5. The molecule has 5 heteroatoms. The van der Waals surface area contributed by atoms with Gasteiger partial charge in [0.25, 0.3) is 0 Å². The van der Waals surface area contributed by atoms with E-state index in [0.717, 1.165) is 30.3 Å². The van der Waals surface area contributed by atoms with Crippen LogP contribution in [0.2, 0.25) is 0 Å². The van der Waals surface area contributed by atoms with Crippen LogP contribution in [0.15, 0.2) is 71.7 Å². The van der Waals surface area contributed by atoms with Gasteiger partial charge in [0.15, 0.2) is 0 Å². The molecule has 0 amide bonds. The van der Waals surface area contributed by atoms with Crippen molar-refractivity contribution < 1.29 is 0 Å². The third-order valence-electron chi connectivity index (χ3n) is 3.47. The van der Waals surface area contributed by atoms with Crippen molar-refractivity contribution in [3.05, 3.63) is 72.3 Å². The van der Waals surface area contributed by atoms with Crippen LogP contribution in [0.4, 0.5) is 5.69 Å². The normalized spacial score (nSPS) is 18.7. The van der Waals surface area contributed by atoms with Crippen LogP contribution < -0.4 is 16.0 Å². The zero-order chi connectivity index (χ0) is 15.9. The van der Waals surface area contributed by atoms with Crippen LogP contribution in [-0.4, -0.2) is 17.4 Å². The van der Waals surface area contributed by atoms with E-state index in [1.165, 1.54) is 5.56 Å². The van der Waals surface area contributed by atoms with Crippen molar-refractivity contribution in [1.82, 2.24) is 15.6 Å². The van der Waals surface area contributed by atoms with Crippen molar-refractivity contribution in [3.63, 3.8) is 0 Å². The van der Waals surface area contributed by atoms with Crippen LogP contribution in [0, 0.1) is 0 Å². The number of benzene rings is 1. The number of aliphatic imine (C=N–C) groups is 1. The summed E-state index contributed by atoms with van der Waals surface area (Å²) in [5.41, 5.74) is 2.15. The molecule has 1 unspecified atom stereocenters. The lowest BCUT2D eigenvalue weighted by atomic mass is 10.1. The van der Waals surface area contributed by atoms with Crippen molar-refractivity contribution in [2.24, 2.45) is 4.99 Å². The van der Waals surface area contributed by atoms with E-state index in [0.29, 0.717) is 0 Å². The van der Waals surface area contributed by atoms with Crippen LogP contribution in [0.1, 0.15) is 25.1 Å². The SMILES string of the molecule is CCCN=C1C=C(Nc2ccncc2)NC(c2ccccc2)N1. The Balaban J connectivity index is 1.83. The summed E-state index contributed by atoms with van der Waals surface area (Å²) < 4.78 is 0. The minimum Gasteiger partial charge on any atom is -0.348 e. The minimum atomic E-state index is -0.0128. The molecule has 0 fully saturated rings. The van der Waals surface area contributed by atoms with Crippen LogP contribution in [0.5, 0.6) is 0 Å². The Labute approximate surface area is 136 Å². The van der Waals surface area contributed by atoms with Crippen molar-refractivity contribution in [2.45, 2.75) is 19.5 Å². The van der Waals surface area contributed by atoms with Crippen LogP contribution in [0.25, 0.3) is 0 Å². The van der Waals surface area contributed by atoms with Crippen LogP contribution in [0.3, 0.4) is 0 Å². The van der Waals surface area contributed by atoms with E-state index in [1.807, 2.05) is 36.4 Å². The van der Waals surface area contributed by atoms with Gasteiger partial charge in [0.05, 0.1) is 0 Å². The standard InChI is InChI=1S/C18H21N5/c1-2-10-20-16-13-17(21-15-8-11-19-12-9-15)23-18(22-16)14-6-4-3-5-7-14/h3-9,11-13,18,23H,2,10H2,1H3,(H,19,21)(H,20,22). The van der Waals surface area contributed by atoms with Crippen LogP contribution in [-0.2, 0) is 0 Å². The van der Waals surface area contributed by atoms with Gasteiger partial charge in [-0.3, -0.25) is 9.98 Å². The quantitative estimate of drug-likeness (QED) is 0.794. The molecule has 0 spiro atoms. The fourth-order valence-corrected chi connectivity index (χ4v) is 2.36. The third kappa shape index (κ3) is 4.10. The molecule has 1 aromatic heterocycles. The molecule has 1 atom stereocenters. The summed E-state index contributed by atoms with van der Waals surface area (Å²) in [5.74, 6) is 1.80. The van der Waals surface area contributed by atoms with E-state index in [2.05, 4.69) is 45.0 Å². The molecule has 0 saturated heterocycles. The number of nitrogens with one attached hydrogen (secondary N) is 3. The summed E-state index contributed by atoms with van der Waals surface area (Å²) in [6.07, 6.45) is 6.54. The fourth-order valence-electron chi connectivity index (χ4n) is 2.36. The van der Waals surface area contributed by atoms with E-state index in [1.54, 1.807) is 12.4 Å². The summed E-state index contributed by atoms with van der Waals surface area (Å²) in [6, 6.07) is 14.2. The predicted octanol–water partition coefficient (Wildman–Crippen LogP) is 3.04. The van der Waals surface area contributed by atoms with Gasteiger partial charge in [0, 0.05) is 30.7 Å². The van der Waals surface area contributed by atoms with Gasteiger partial charge in [0.1, 0.15) is 17.8 Å². The Morgan fingerprint density at radius 3 is 2.61 bits per heavy atom. The highest BCUT2D eigenvalue weighted by Gasteiger charge is 2.18. The number of aromatic nitrogens is 1. The predicted molar refractivity (Wildman–Crippen MR) is 94.0 cm³/mol. The first kappa shape index (κ1) is 15.1. The Kier molecular flexibility index (Phi) is 4.88. The van der Waals surface area contributed by atoms with E-state index < -0.39 is 0 Å². The Bertz CT molecular complexity index is 679. The highest BCUT2D eigenvalue weighted by molar-refractivity contribution is 5.95. The first-order chi connectivity index (χ1) is 11.3.